The molecule has 0 unspecified atom stereocenters. The Hall–Kier alpha value is -5.50. The van der Waals surface area contributed by atoms with Crippen LogP contribution in [0.3, 0.4) is 0 Å². The Kier molecular flexibility index (Phi) is 8.59. The van der Waals surface area contributed by atoms with Crippen molar-refractivity contribution in [1.29, 1.82) is 0 Å². The zero-order valence-corrected chi connectivity index (χ0v) is 34.0. The molecule has 0 aliphatic carbocycles. The molecule has 2 aliphatic heterocycles. The van der Waals surface area contributed by atoms with E-state index < -0.39 is 60.1 Å². The quantitative estimate of drug-likeness (QED) is 0.179. The number of benzene rings is 4. The molecule has 0 saturated carbocycles. The summed E-state index contributed by atoms with van der Waals surface area (Å²) in [6.07, 6.45) is 0. The van der Waals surface area contributed by atoms with Crippen molar-refractivity contribution < 1.29 is 71.4 Å². The van der Waals surface area contributed by atoms with Crippen molar-refractivity contribution in [2.24, 2.45) is 0 Å². The number of fused-ring (bicyclic) bond motifs is 20. The first-order chi connectivity index (χ1) is 26.2. The van der Waals surface area contributed by atoms with E-state index in [1.165, 1.54) is 24.3 Å². The molecule has 7 aromatic rings. The third kappa shape index (κ3) is 6.57. The Morgan fingerprint density at radius 1 is 0.351 bits per heavy atom. The summed E-state index contributed by atoms with van der Waals surface area (Å²) in [4.78, 5) is 33.2. The van der Waals surface area contributed by atoms with Crippen molar-refractivity contribution in [3.8, 4) is 45.6 Å². The van der Waals surface area contributed by atoms with Crippen molar-refractivity contribution in [3.05, 3.63) is 72.8 Å². The predicted molar refractivity (Wildman–Crippen MR) is 186 cm³/mol. The zero-order valence-electron chi connectivity index (χ0n) is 27.7. The van der Waals surface area contributed by atoms with E-state index >= 15 is 0 Å². The summed E-state index contributed by atoms with van der Waals surface area (Å²) < 4.78 is 145. The van der Waals surface area contributed by atoms with Gasteiger partial charge in [0, 0.05) is 44.8 Å². The van der Waals surface area contributed by atoms with Gasteiger partial charge in [0.2, 0.25) is 0 Å². The van der Waals surface area contributed by atoms with Gasteiger partial charge >= 0.3 is 19.5 Å². The van der Waals surface area contributed by atoms with E-state index in [-0.39, 0.29) is 109 Å². The second-order valence-corrected chi connectivity index (χ2v) is 17.6. The van der Waals surface area contributed by atoms with Crippen LogP contribution in [0, 0.1) is 0 Å². The summed E-state index contributed by atoms with van der Waals surface area (Å²) in [7, 11) is -20.1. The van der Waals surface area contributed by atoms with Crippen LogP contribution >= 0.6 is 0 Å². The van der Waals surface area contributed by atoms with Crippen LogP contribution < -0.4 is 9.97 Å². The molecule has 2 aliphatic rings. The average Bonchev–Trinajstić information content (AvgIpc) is 3.84. The van der Waals surface area contributed by atoms with E-state index in [0.717, 1.165) is 48.5 Å². The molecule has 4 aromatic carbocycles. The smallest absolute Gasteiger partial charge is 0.744 e. The van der Waals surface area contributed by atoms with E-state index in [1.54, 1.807) is 0 Å². The van der Waals surface area contributed by atoms with E-state index in [4.69, 9.17) is 0 Å². The first-order valence-electron chi connectivity index (χ1n) is 15.3. The number of nitrogens with zero attached hydrogens (tertiary/aromatic N) is 8. The SMILES string of the molecule is O=S(=O)([O-])c1ccc2c(c1)-c1nc-2nc2[n-]c(nc3nc(nc4[n-]c(n1)c1ccc(S(=O)(=O)[O-])cc41)-c1ccc(S(=O)(=O)[O-])cc1-3)c1ccc(S(=O)(=O)[O-])cc21.[Zn+2]. The van der Waals surface area contributed by atoms with Gasteiger partial charge in [0.25, 0.3) is 0 Å². The van der Waals surface area contributed by atoms with Crippen LogP contribution in [-0.4, -0.2) is 81.8 Å². The summed E-state index contributed by atoms with van der Waals surface area (Å²) >= 11 is 0. The molecule has 0 radical (unpaired) electrons. The minimum Gasteiger partial charge on any atom is -0.744 e. The van der Waals surface area contributed by atoms with Gasteiger partial charge in [0.15, 0.2) is 0 Å². The monoisotopic (exact) mass is 892 g/mol. The third-order valence-electron chi connectivity index (χ3n) is 8.74. The Balaban J connectivity index is 0.00000455. The fraction of sp³-hybridized carbons (Fsp3) is 0. The third-order valence-corrected chi connectivity index (χ3v) is 12.1. The maximum atomic E-state index is 12.0. The van der Waals surface area contributed by atoms with Crippen molar-refractivity contribution >= 4 is 84.6 Å². The van der Waals surface area contributed by atoms with Gasteiger partial charge in [-0.25, -0.2) is 43.6 Å². The van der Waals surface area contributed by atoms with Crippen LogP contribution in [0.25, 0.3) is 89.7 Å². The van der Waals surface area contributed by atoms with Crippen molar-refractivity contribution in [2.75, 3.05) is 0 Å². The molecule has 20 nitrogen and oxygen atoms in total. The molecule has 25 heteroatoms. The van der Waals surface area contributed by atoms with Gasteiger partial charge in [0.05, 0.1) is 42.9 Å². The number of hydrogen-bond donors (Lipinski definition) is 0. The summed E-state index contributed by atoms with van der Waals surface area (Å²) in [6, 6.07) is 12.8. The Labute approximate surface area is 331 Å². The van der Waals surface area contributed by atoms with Crippen LogP contribution in [0.5, 0.6) is 0 Å². The van der Waals surface area contributed by atoms with Gasteiger partial charge in [-0.3, -0.25) is 0 Å². The molecule has 0 N–H and O–H groups in total. The standard InChI is InChI=1S/C32H16N8O12S4.Zn/c41-53(42,43)13-1-5-17-21(9-13)29-33-25(17)37-30-22-10-14(54(44,45)46)2-6-18(22)27(34-30)39-32-24-12-16(56(50,51)52)4-8-20(24)28(36-32)40-31-23-11-15(55(47,48)49)3-7-19(23)26(35-31)38-29;/h1-12H,(H4-2,33,34,35,36,37,38,39,40,41,42,43,44,45,46,47,48,49,50,51,52);/q-2;+2/p-4. The largest absolute Gasteiger partial charge is 2.00 e. The fourth-order valence-corrected chi connectivity index (χ4v) is 8.19. The van der Waals surface area contributed by atoms with Crippen LogP contribution in [0.2, 0.25) is 0 Å². The van der Waals surface area contributed by atoms with E-state index in [0.29, 0.717) is 0 Å². The topological polar surface area (TPSA) is 334 Å². The van der Waals surface area contributed by atoms with Gasteiger partial charge in [-0.2, -0.15) is 0 Å². The molecule has 9 rings (SSSR count). The van der Waals surface area contributed by atoms with E-state index in [9.17, 15) is 51.9 Å². The minimum atomic E-state index is -5.02. The summed E-state index contributed by atoms with van der Waals surface area (Å²) in [5.74, 6) is -0.882. The average molecular weight is 894 g/mol. The maximum Gasteiger partial charge on any atom is 2.00 e. The Morgan fingerprint density at radius 2 is 0.632 bits per heavy atom. The van der Waals surface area contributed by atoms with Gasteiger partial charge < -0.3 is 48.1 Å². The molecular weight excluding hydrogens is 882 g/mol. The van der Waals surface area contributed by atoms with Crippen LogP contribution in [0.4, 0.5) is 0 Å². The first kappa shape index (κ1) is 38.4. The number of hydrogen-bond acceptors (Lipinski definition) is 18. The molecular formula is C32H12N8O12S4Zn-4. The molecule has 8 bridgehead atoms. The van der Waals surface area contributed by atoms with Gasteiger partial charge in [-0.05, 0) is 70.1 Å². The summed E-state index contributed by atoms with van der Waals surface area (Å²) in [5.41, 5.74) is -0.712. The Morgan fingerprint density at radius 3 is 0.965 bits per heavy atom. The molecule has 3 aromatic heterocycles. The molecule has 5 heterocycles. The van der Waals surface area contributed by atoms with Crippen molar-refractivity contribution in [1.82, 2.24) is 39.9 Å². The molecule has 0 spiro atoms. The number of aromatic nitrogens is 8. The molecule has 0 saturated heterocycles. The summed E-state index contributed by atoms with van der Waals surface area (Å²) in [6.45, 7) is 0. The molecule has 282 valence electrons. The van der Waals surface area contributed by atoms with E-state index in [1.807, 2.05) is 0 Å². The second-order valence-electron chi connectivity index (χ2n) is 12.1. The summed E-state index contributed by atoms with van der Waals surface area (Å²) in [5, 5.41) is 0.169. The van der Waals surface area contributed by atoms with Gasteiger partial charge in [0.1, 0.15) is 40.5 Å². The molecule has 57 heavy (non-hydrogen) atoms. The molecule has 0 amide bonds. The van der Waals surface area contributed by atoms with Gasteiger partial charge in [-0.15, -0.1) is 0 Å². The normalized spacial score (nSPS) is 13.0. The fourth-order valence-electron chi connectivity index (χ4n) is 6.20. The molecule has 0 fully saturated rings. The maximum absolute atomic E-state index is 12.0. The van der Waals surface area contributed by atoms with Crippen molar-refractivity contribution in [2.45, 2.75) is 19.6 Å². The van der Waals surface area contributed by atoms with Crippen LogP contribution in [0.1, 0.15) is 0 Å². The number of rotatable bonds is 4. The zero-order chi connectivity index (χ0) is 39.7. The molecule has 0 atom stereocenters. The first-order valence-corrected chi connectivity index (χ1v) is 21.0. The minimum absolute atomic E-state index is 0. The van der Waals surface area contributed by atoms with Crippen molar-refractivity contribution in [3.63, 3.8) is 0 Å². The van der Waals surface area contributed by atoms with Gasteiger partial charge in [-0.1, -0.05) is 24.3 Å². The predicted octanol–water partition coefficient (Wildman–Crippen LogP) is 1.74. The Bertz CT molecular complexity index is 3380. The van der Waals surface area contributed by atoms with Crippen LogP contribution in [0.15, 0.2) is 92.4 Å². The van der Waals surface area contributed by atoms with Crippen LogP contribution in [-0.2, 0) is 60.0 Å². The van der Waals surface area contributed by atoms with E-state index in [2.05, 4.69) is 39.9 Å². The second kappa shape index (κ2) is 12.8.